The molecule has 0 amide bonds. The summed E-state index contributed by atoms with van der Waals surface area (Å²) >= 11 is 0. The Balaban J connectivity index is -0.00000000450. The third-order valence-corrected chi connectivity index (χ3v) is 0. The second kappa shape index (κ2) is 29.8. The molecule has 0 atom stereocenters. The fraction of sp³-hybridized carbons (Fsp3) is 0. The van der Waals surface area contributed by atoms with Crippen LogP contribution in [0.2, 0.25) is 0 Å². The van der Waals surface area contributed by atoms with E-state index in [2.05, 4.69) is 0 Å². The zero-order valence-corrected chi connectivity index (χ0v) is 12.9. The molecule has 0 aromatic heterocycles. The van der Waals surface area contributed by atoms with Gasteiger partial charge in [0.25, 0.3) is 0 Å². The molecule has 0 unspecified atom stereocenters. The molecule has 9 heteroatoms. The monoisotopic (exact) mass is 228 g/mol. The van der Waals surface area contributed by atoms with Crippen molar-refractivity contribution in [2.24, 2.45) is 0 Å². The first-order chi connectivity index (χ1) is 1.73. The van der Waals surface area contributed by atoms with Crippen LogP contribution in [0.1, 0.15) is 0 Å². The van der Waals surface area contributed by atoms with Gasteiger partial charge in [-0.2, -0.15) is 0 Å². The fourth-order valence-electron chi connectivity index (χ4n) is 0. The smallest absolute Gasteiger partial charge is 1.00 e. The average Bonchev–Trinajstić information content (AvgIpc) is 0.811. The van der Waals surface area contributed by atoms with Crippen LogP contribution >= 0.6 is 0 Å². The molecule has 9 heavy (non-hydrogen) atoms. The van der Waals surface area contributed by atoms with Crippen molar-refractivity contribution in [3.8, 4) is 0 Å². The number of hydrogen-bond donors (Lipinski definition) is 3. The normalized spacial score (nSPS) is 3.00. The molecule has 0 saturated carbocycles. The van der Waals surface area contributed by atoms with Crippen molar-refractivity contribution in [2.45, 2.75) is 0 Å². The van der Waals surface area contributed by atoms with Crippen molar-refractivity contribution in [3.63, 3.8) is 0 Å². The van der Waals surface area contributed by atoms with E-state index in [1.165, 1.54) is 0 Å². The van der Waals surface area contributed by atoms with Gasteiger partial charge in [0.2, 0.25) is 0 Å². The van der Waals surface area contributed by atoms with E-state index in [1.807, 2.05) is 0 Å². The molecule has 0 fully saturated rings. The maximum Gasteiger partial charge on any atom is 1.00 e. The second-order valence-electron chi connectivity index (χ2n) is 0.346. The Hall–Kier alpha value is 3.76. The Morgan fingerprint density at radius 1 is 0.778 bits per heavy atom. The minimum absolute atomic E-state index is 0. The molecular formula is H5BCl2K2O4. The van der Waals surface area contributed by atoms with E-state index in [4.69, 9.17) is 15.1 Å². The average molecular weight is 229 g/mol. The fourth-order valence-corrected chi connectivity index (χ4v) is 0. The molecule has 0 bridgehead atoms. The van der Waals surface area contributed by atoms with Crippen molar-refractivity contribution in [1.29, 1.82) is 0 Å². The Bertz CT molecular complexity index is 21.3. The van der Waals surface area contributed by atoms with E-state index in [1.54, 1.807) is 0 Å². The Morgan fingerprint density at radius 3 is 0.778 bits per heavy atom. The van der Waals surface area contributed by atoms with Crippen molar-refractivity contribution in [3.05, 3.63) is 0 Å². The first kappa shape index (κ1) is 38.6. The molecule has 0 aromatic rings. The largest absolute Gasteiger partial charge is 1.00 e. The molecule has 0 rings (SSSR count). The van der Waals surface area contributed by atoms with Crippen LogP contribution in [0.4, 0.5) is 0 Å². The molecular weight excluding hydrogens is 224 g/mol. The van der Waals surface area contributed by atoms with Gasteiger partial charge in [0.15, 0.2) is 0 Å². The van der Waals surface area contributed by atoms with Gasteiger partial charge < -0.3 is 45.4 Å². The quantitative estimate of drug-likeness (QED) is 0.360. The zero-order chi connectivity index (χ0) is 3.58. The van der Waals surface area contributed by atoms with E-state index in [-0.39, 0.29) is 133 Å². The Labute approximate surface area is 151 Å². The first-order valence-corrected chi connectivity index (χ1v) is 0.775. The van der Waals surface area contributed by atoms with Crippen LogP contribution in [0.3, 0.4) is 0 Å². The molecule has 0 spiro atoms. The van der Waals surface area contributed by atoms with Crippen LogP contribution in [-0.2, 0) is 0 Å². The molecule has 48 valence electrons. The van der Waals surface area contributed by atoms with E-state index >= 15 is 0 Å². The van der Waals surface area contributed by atoms with Crippen LogP contribution in [0, 0.1) is 0 Å². The van der Waals surface area contributed by atoms with Crippen LogP contribution in [-0.4, -0.2) is 27.9 Å². The van der Waals surface area contributed by atoms with E-state index < -0.39 is 7.32 Å². The van der Waals surface area contributed by atoms with Gasteiger partial charge in [0.05, 0.1) is 0 Å². The third-order valence-electron chi connectivity index (χ3n) is 0. The maximum atomic E-state index is 7.17. The minimum Gasteiger partial charge on any atom is -1.00 e. The third kappa shape index (κ3) is 79.3. The van der Waals surface area contributed by atoms with Gasteiger partial charge in [-0.15, -0.1) is 0 Å². The Morgan fingerprint density at radius 2 is 0.778 bits per heavy atom. The van der Waals surface area contributed by atoms with E-state index in [0.717, 1.165) is 0 Å². The molecule has 4 nitrogen and oxygen atoms in total. The van der Waals surface area contributed by atoms with Crippen LogP contribution in [0.5, 0.6) is 0 Å². The summed E-state index contributed by atoms with van der Waals surface area (Å²) in [5.74, 6) is 0. The molecule has 0 aromatic carbocycles. The molecule has 0 aliphatic carbocycles. The summed E-state index contributed by atoms with van der Waals surface area (Å²) in [4.78, 5) is 0. The number of rotatable bonds is 0. The van der Waals surface area contributed by atoms with Crippen LogP contribution in [0.25, 0.3) is 0 Å². The molecule has 0 heterocycles. The van der Waals surface area contributed by atoms with Crippen molar-refractivity contribution in [1.82, 2.24) is 0 Å². The SMILES string of the molecule is O.OB(O)O.[Cl-].[Cl-].[K+].[K+]. The minimum atomic E-state index is -2.17. The predicted molar refractivity (Wildman–Crippen MR) is 16.0 cm³/mol. The summed E-state index contributed by atoms with van der Waals surface area (Å²) in [7, 11) is -2.17. The molecule has 0 aliphatic rings. The van der Waals surface area contributed by atoms with E-state index in [9.17, 15) is 0 Å². The topological polar surface area (TPSA) is 92.2 Å². The van der Waals surface area contributed by atoms with Crippen LogP contribution in [0.15, 0.2) is 0 Å². The van der Waals surface area contributed by atoms with E-state index in [0.29, 0.717) is 0 Å². The molecule has 5 N–H and O–H groups in total. The van der Waals surface area contributed by atoms with Gasteiger partial charge in [-0.25, -0.2) is 0 Å². The van der Waals surface area contributed by atoms with Crippen molar-refractivity contribution < 1.29 is 148 Å². The molecule has 0 aliphatic heterocycles. The standard InChI is InChI=1S/BH3O3.2ClH.2K.H2O/c2-1(3)4;;;;;/h2-4H;2*1H;;;1H2/q;;;2*+1;/p-2. The van der Waals surface area contributed by atoms with Gasteiger partial charge in [0.1, 0.15) is 0 Å². The summed E-state index contributed by atoms with van der Waals surface area (Å²) in [6, 6.07) is 0. The maximum absolute atomic E-state index is 7.17. The van der Waals surface area contributed by atoms with Crippen LogP contribution < -0.4 is 128 Å². The van der Waals surface area contributed by atoms with Gasteiger partial charge in [-0.05, 0) is 0 Å². The summed E-state index contributed by atoms with van der Waals surface area (Å²) < 4.78 is 0. The van der Waals surface area contributed by atoms with Gasteiger partial charge in [0, 0.05) is 0 Å². The van der Waals surface area contributed by atoms with Crippen molar-refractivity contribution in [2.75, 3.05) is 0 Å². The molecule has 0 radical (unpaired) electrons. The number of halogens is 2. The van der Waals surface area contributed by atoms with Crippen molar-refractivity contribution >= 4 is 7.32 Å². The summed E-state index contributed by atoms with van der Waals surface area (Å²) in [5, 5.41) is 21.5. The molecule has 0 saturated heterocycles. The van der Waals surface area contributed by atoms with Gasteiger partial charge >= 0.3 is 110 Å². The zero-order valence-electron chi connectivity index (χ0n) is 5.17. The summed E-state index contributed by atoms with van der Waals surface area (Å²) in [6.45, 7) is 0. The second-order valence-corrected chi connectivity index (χ2v) is 0.346. The number of hydrogen-bond acceptors (Lipinski definition) is 3. The van der Waals surface area contributed by atoms with Gasteiger partial charge in [-0.3, -0.25) is 0 Å². The predicted octanol–water partition coefficient (Wildman–Crippen LogP) is -14.9. The van der Waals surface area contributed by atoms with Gasteiger partial charge in [-0.1, -0.05) is 0 Å². The Kier molecular flexibility index (Phi) is 128. The first-order valence-electron chi connectivity index (χ1n) is 0.775. The summed E-state index contributed by atoms with van der Waals surface area (Å²) in [5.41, 5.74) is 0. The summed E-state index contributed by atoms with van der Waals surface area (Å²) in [6.07, 6.45) is 0.